The van der Waals surface area contributed by atoms with E-state index >= 15 is 0 Å². The number of aromatic nitrogens is 4. The molecule has 0 unspecified atom stereocenters. The maximum Gasteiger partial charge on any atom is 0.160 e. The molecule has 3 heterocycles. The first-order valence-corrected chi connectivity index (χ1v) is 21.7. The zero-order valence-corrected chi connectivity index (χ0v) is 35.2. The lowest BCUT2D eigenvalue weighted by atomic mass is 9.97. The molecule has 0 amide bonds. The average Bonchev–Trinajstić information content (AvgIpc) is 3.88. The van der Waals surface area contributed by atoms with Crippen LogP contribution in [0.25, 0.3) is 111 Å². The van der Waals surface area contributed by atoms with Gasteiger partial charge in [0.1, 0.15) is 11.6 Å². The van der Waals surface area contributed by atoms with E-state index < -0.39 is 11.6 Å². The van der Waals surface area contributed by atoms with Gasteiger partial charge in [-0.1, -0.05) is 121 Å². The van der Waals surface area contributed by atoms with E-state index in [-0.39, 0.29) is 0 Å². The fraction of sp³-hybridized carbons (Fsp3) is 0. The third kappa shape index (κ3) is 6.51. The van der Waals surface area contributed by atoms with E-state index in [1.807, 2.05) is 54.6 Å². The zero-order chi connectivity index (χ0) is 44.3. The van der Waals surface area contributed by atoms with Crippen molar-refractivity contribution in [3.05, 3.63) is 230 Å². The Kier molecular flexibility index (Phi) is 9.18. The molecule has 9 aromatic carbocycles. The molecule has 12 aromatic rings. The summed E-state index contributed by atoms with van der Waals surface area (Å²) in [6, 6.07) is 71.5. The van der Waals surface area contributed by atoms with Crippen LogP contribution in [0.5, 0.6) is 0 Å². The first-order chi connectivity index (χ1) is 32.5. The maximum absolute atomic E-state index is 14.8. The summed E-state index contributed by atoms with van der Waals surface area (Å²) >= 11 is 0. The van der Waals surface area contributed by atoms with Gasteiger partial charge in [-0.05, 0) is 96.1 Å². The van der Waals surface area contributed by atoms with Gasteiger partial charge >= 0.3 is 0 Å². The van der Waals surface area contributed by atoms with Gasteiger partial charge in [0.05, 0.1) is 56.5 Å². The van der Waals surface area contributed by atoms with Crippen LogP contribution in [0.1, 0.15) is 5.56 Å². The number of hydrogen-bond donors (Lipinski definition) is 0. The Labute approximate surface area is 378 Å². The largest absolute Gasteiger partial charge is 0.309 e. The highest BCUT2D eigenvalue weighted by atomic mass is 19.1. The number of rotatable bonds is 7. The second kappa shape index (κ2) is 15.7. The molecule has 3 aromatic heterocycles. The van der Waals surface area contributed by atoms with Crippen molar-refractivity contribution < 1.29 is 8.78 Å². The predicted molar refractivity (Wildman–Crippen MR) is 263 cm³/mol. The number of nitriles is 1. The summed E-state index contributed by atoms with van der Waals surface area (Å²) in [7, 11) is 0. The van der Waals surface area contributed by atoms with Crippen molar-refractivity contribution in [2.45, 2.75) is 0 Å². The van der Waals surface area contributed by atoms with E-state index in [1.54, 1.807) is 12.1 Å². The van der Waals surface area contributed by atoms with Crippen molar-refractivity contribution in [3.63, 3.8) is 0 Å². The van der Waals surface area contributed by atoms with Crippen LogP contribution in [-0.2, 0) is 0 Å². The van der Waals surface area contributed by atoms with Crippen LogP contribution in [0.15, 0.2) is 212 Å². The second-order valence-corrected chi connectivity index (χ2v) is 16.4. The predicted octanol–water partition coefficient (Wildman–Crippen LogP) is 15.2. The molecule has 310 valence electrons. The summed E-state index contributed by atoms with van der Waals surface area (Å²) in [5, 5.41) is 14.2. The molecule has 0 aliphatic heterocycles. The number of fused-ring (bicyclic) bond motifs is 6. The molecular formula is C59H35F2N5. The molecule has 0 N–H and O–H groups in total. The topological polar surface area (TPSA) is 59.4 Å². The Morgan fingerprint density at radius 2 is 0.833 bits per heavy atom. The maximum atomic E-state index is 14.8. The van der Waals surface area contributed by atoms with Gasteiger partial charge in [0, 0.05) is 55.4 Å². The van der Waals surface area contributed by atoms with Crippen LogP contribution in [0, 0.1) is 23.0 Å². The van der Waals surface area contributed by atoms with E-state index in [9.17, 15) is 14.0 Å². The smallest absolute Gasteiger partial charge is 0.160 e. The summed E-state index contributed by atoms with van der Waals surface area (Å²) in [5.41, 5.74) is 13.3. The highest BCUT2D eigenvalue weighted by Gasteiger charge is 2.22. The van der Waals surface area contributed by atoms with Gasteiger partial charge in [0.15, 0.2) is 5.82 Å². The molecule has 0 saturated heterocycles. The molecular weight excluding hydrogens is 817 g/mol. The van der Waals surface area contributed by atoms with E-state index in [4.69, 9.17) is 9.97 Å². The minimum atomic E-state index is -0.694. The standard InChI is InChI=1S/C59H35F2N5/c60-43-30-42(31-44(61)34-43)48-29-37(36-62)23-26-56(48)66-55-22-12-9-19-47(55)50-32-40(24-27-58(50)66)49-33-41(25-28-57(49)65-53-20-10-7-17-45(53)46-18-8-11-21-54(46)65)59-63-51(38-13-3-1-4-14-38)35-52(64-59)39-15-5-2-6-16-39/h1-35H. The molecule has 0 aliphatic carbocycles. The molecule has 0 fully saturated rings. The lowest BCUT2D eigenvalue weighted by molar-refractivity contribution is 0.584. The summed E-state index contributed by atoms with van der Waals surface area (Å²) in [6.45, 7) is 0. The van der Waals surface area contributed by atoms with Gasteiger partial charge in [-0.15, -0.1) is 0 Å². The first-order valence-electron chi connectivity index (χ1n) is 21.7. The Balaban J connectivity index is 1.12. The van der Waals surface area contributed by atoms with Gasteiger partial charge in [-0.25, -0.2) is 18.7 Å². The molecule has 0 bridgehead atoms. The van der Waals surface area contributed by atoms with Crippen molar-refractivity contribution >= 4 is 43.6 Å². The quantitative estimate of drug-likeness (QED) is 0.160. The lowest BCUT2D eigenvalue weighted by Gasteiger charge is -2.17. The number of nitrogens with zero attached hydrogens (tertiary/aromatic N) is 5. The zero-order valence-electron chi connectivity index (χ0n) is 35.2. The molecule has 0 spiro atoms. The highest BCUT2D eigenvalue weighted by Crippen LogP contribution is 2.42. The van der Waals surface area contributed by atoms with Crippen LogP contribution >= 0.6 is 0 Å². The number of para-hydroxylation sites is 3. The SMILES string of the molecule is N#Cc1ccc(-n2c3ccccc3c3cc(-c4cc(-c5nc(-c6ccccc6)cc(-c6ccccc6)n5)ccc4-n4c5ccccc5c5ccccc54)ccc32)c(-c2cc(F)cc(F)c2)c1. The molecule has 0 radical (unpaired) electrons. The fourth-order valence-corrected chi connectivity index (χ4v) is 9.51. The van der Waals surface area contributed by atoms with Crippen molar-refractivity contribution in [1.82, 2.24) is 19.1 Å². The van der Waals surface area contributed by atoms with Crippen LogP contribution < -0.4 is 0 Å². The molecule has 0 atom stereocenters. The van der Waals surface area contributed by atoms with Crippen LogP contribution in [-0.4, -0.2) is 19.1 Å². The normalized spacial score (nSPS) is 11.5. The number of hydrogen-bond acceptors (Lipinski definition) is 3. The highest BCUT2D eigenvalue weighted by molar-refractivity contribution is 6.12. The second-order valence-electron chi connectivity index (χ2n) is 16.4. The lowest BCUT2D eigenvalue weighted by Crippen LogP contribution is -2.00. The monoisotopic (exact) mass is 851 g/mol. The summed E-state index contributed by atoms with van der Waals surface area (Å²) < 4.78 is 34.1. The van der Waals surface area contributed by atoms with Gasteiger partial charge in [0.25, 0.3) is 0 Å². The first kappa shape index (κ1) is 38.7. The third-order valence-electron chi connectivity index (χ3n) is 12.5. The van der Waals surface area contributed by atoms with Crippen molar-refractivity contribution in [2.24, 2.45) is 0 Å². The van der Waals surface area contributed by atoms with Gasteiger partial charge < -0.3 is 9.13 Å². The Hall–Kier alpha value is -8.99. The van der Waals surface area contributed by atoms with E-state index in [0.29, 0.717) is 28.2 Å². The minimum Gasteiger partial charge on any atom is -0.309 e. The summed E-state index contributed by atoms with van der Waals surface area (Å²) in [4.78, 5) is 10.4. The third-order valence-corrected chi connectivity index (χ3v) is 12.5. The Morgan fingerprint density at radius 1 is 0.364 bits per heavy atom. The van der Waals surface area contributed by atoms with E-state index in [2.05, 4.69) is 143 Å². The molecule has 0 aliphatic rings. The molecule has 0 saturated carbocycles. The van der Waals surface area contributed by atoms with Gasteiger partial charge in [0.2, 0.25) is 0 Å². The fourth-order valence-electron chi connectivity index (χ4n) is 9.51. The van der Waals surface area contributed by atoms with Crippen LogP contribution in [0.2, 0.25) is 0 Å². The summed E-state index contributed by atoms with van der Waals surface area (Å²) in [6.07, 6.45) is 0. The minimum absolute atomic E-state index is 0.337. The summed E-state index contributed by atoms with van der Waals surface area (Å²) in [5.74, 6) is -0.787. The van der Waals surface area contributed by atoms with Crippen molar-refractivity contribution in [3.8, 4) is 73.6 Å². The average molecular weight is 852 g/mol. The van der Waals surface area contributed by atoms with Crippen molar-refractivity contribution in [2.75, 3.05) is 0 Å². The molecule has 66 heavy (non-hydrogen) atoms. The van der Waals surface area contributed by atoms with Gasteiger partial charge in [-0.2, -0.15) is 5.26 Å². The van der Waals surface area contributed by atoms with Crippen molar-refractivity contribution in [1.29, 1.82) is 5.26 Å². The van der Waals surface area contributed by atoms with Crippen LogP contribution in [0.3, 0.4) is 0 Å². The number of halogens is 2. The van der Waals surface area contributed by atoms with E-state index in [1.165, 1.54) is 12.1 Å². The van der Waals surface area contributed by atoms with E-state index in [0.717, 1.165) is 94.6 Å². The Bertz CT molecular complexity index is 3790. The molecule has 5 nitrogen and oxygen atoms in total. The molecule has 7 heteroatoms. The Morgan fingerprint density at radius 3 is 1.39 bits per heavy atom. The number of benzene rings is 9. The van der Waals surface area contributed by atoms with Crippen LogP contribution in [0.4, 0.5) is 8.78 Å². The van der Waals surface area contributed by atoms with Gasteiger partial charge in [-0.3, -0.25) is 0 Å². The molecule has 12 rings (SSSR count).